The van der Waals surface area contributed by atoms with Gasteiger partial charge in [-0.15, -0.1) is 12.4 Å². The molecule has 1 atom stereocenters. The van der Waals surface area contributed by atoms with E-state index in [-0.39, 0.29) is 30.8 Å². The molecule has 1 saturated heterocycles. The molecule has 13 heavy (non-hydrogen) atoms. The van der Waals surface area contributed by atoms with Crippen molar-refractivity contribution in [3.63, 3.8) is 0 Å². The fourth-order valence-electron chi connectivity index (χ4n) is 1.40. The molecule has 1 unspecified atom stereocenters. The Bertz CT molecular complexity index is 149. The summed E-state index contributed by atoms with van der Waals surface area (Å²) < 4.78 is 0. The molecule has 1 heterocycles. The lowest BCUT2D eigenvalue weighted by Gasteiger charge is -2.21. The van der Waals surface area contributed by atoms with E-state index in [9.17, 15) is 4.79 Å². The lowest BCUT2D eigenvalue weighted by molar-refractivity contribution is -0.125. The third-order valence-corrected chi connectivity index (χ3v) is 2.08. The molecule has 0 aliphatic carbocycles. The van der Waals surface area contributed by atoms with Crippen molar-refractivity contribution in [3.8, 4) is 0 Å². The number of aliphatic hydroxyl groups is 1. The van der Waals surface area contributed by atoms with Crippen molar-refractivity contribution in [1.82, 2.24) is 10.6 Å². The molecule has 0 spiro atoms. The summed E-state index contributed by atoms with van der Waals surface area (Å²) >= 11 is 0. The largest absolute Gasteiger partial charge is 0.395 e. The first-order chi connectivity index (χ1) is 5.84. The van der Waals surface area contributed by atoms with Crippen LogP contribution in [-0.4, -0.2) is 37.3 Å². The summed E-state index contributed by atoms with van der Waals surface area (Å²) in [6.45, 7) is 2.18. The zero-order valence-corrected chi connectivity index (χ0v) is 8.40. The van der Waals surface area contributed by atoms with Gasteiger partial charge in [0, 0.05) is 13.1 Å². The molecule has 1 aliphatic heterocycles. The van der Waals surface area contributed by atoms with Gasteiger partial charge in [0.1, 0.15) is 0 Å². The van der Waals surface area contributed by atoms with Crippen LogP contribution < -0.4 is 10.6 Å². The second-order valence-corrected chi connectivity index (χ2v) is 3.06. The summed E-state index contributed by atoms with van der Waals surface area (Å²) in [5.41, 5.74) is 0. The highest BCUT2D eigenvalue weighted by molar-refractivity contribution is 5.85. The molecule has 1 rings (SSSR count). The van der Waals surface area contributed by atoms with Crippen LogP contribution in [-0.2, 0) is 4.79 Å². The number of piperidine rings is 1. The minimum absolute atomic E-state index is 0. The van der Waals surface area contributed by atoms with E-state index in [0.717, 1.165) is 25.9 Å². The molecular formula is C8H17ClN2O2. The Hall–Kier alpha value is -0.320. The van der Waals surface area contributed by atoms with E-state index < -0.39 is 0 Å². The fraction of sp³-hybridized carbons (Fsp3) is 0.875. The molecular weight excluding hydrogens is 192 g/mol. The van der Waals surface area contributed by atoms with E-state index >= 15 is 0 Å². The van der Waals surface area contributed by atoms with Crippen LogP contribution in [0.3, 0.4) is 0 Å². The van der Waals surface area contributed by atoms with Crippen LogP contribution in [0.5, 0.6) is 0 Å². The predicted molar refractivity (Wildman–Crippen MR) is 52.9 cm³/mol. The molecule has 0 aromatic carbocycles. The molecule has 78 valence electrons. The number of aliphatic hydroxyl groups excluding tert-OH is 1. The Morgan fingerprint density at radius 3 is 2.92 bits per heavy atom. The van der Waals surface area contributed by atoms with Gasteiger partial charge < -0.3 is 15.7 Å². The van der Waals surface area contributed by atoms with E-state index in [4.69, 9.17) is 5.11 Å². The van der Waals surface area contributed by atoms with Crippen molar-refractivity contribution in [2.24, 2.45) is 5.92 Å². The summed E-state index contributed by atoms with van der Waals surface area (Å²) in [5, 5.41) is 14.3. The van der Waals surface area contributed by atoms with Crippen LogP contribution in [0.1, 0.15) is 12.8 Å². The van der Waals surface area contributed by atoms with Gasteiger partial charge in [0.25, 0.3) is 0 Å². The molecule has 1 fully saturated rings. The van der Waals surface area contributed by atoms with Gasteiger partial charge in [-0.2, -0.15) is 0 Å². The van der Waals surface area contributed by atoms with Crippen molar-refractivity contribution in [1.29, 1.82) is 0 Å². The zero-order chi connectivity index (χ0) is 8.81. The number of halogens is 1. The average molecular weight is 209 g/mol. The molecule has 5 heteroatoms. The minimum Gasteiger partial charge on any atom is -0.395 e. The normalized spacial score (nSPS) is 21.8. The summed E-state index contributed by atoms with van der Waals surface area (Å²) in [7, 11) is 0. The highest BCUT2D eigenvalue weighted by Crippen LogP contribution is 2.09. The third kappa shape index (κ3) is 4.45. The molecule has 0 bridgehead atoms. The first-order valence-electron chi connectivity index (χ1n) is 4.44. The smallest absolute Gasteiger partial charge is 0.224 e. The Labute approximate surface area is 84.5 Å². The first kappa shape index (κ1) is 12.7. The van der Waals surface area contributed by atoms with Gasteiger partial charge in [0.15, 0.2) is 0 Å². The molecule has 4 nitrogen and oxygen atoms in total. The predicted octanol–water partition coefficient (Wildman–Crippen LogP) is -0.484. The summed E-state index contributed by atoms with van der Waals surface area (Å²) in [4.78, 5) is 11.3. The Kier molecular flexibility index (Phi) is 6.94. The van der Waals surface area contributed by atoms with Crippen LogP contribution in [0, 0.1) is 5.92 Å². The van der Waals surface area contributed by atoms with Crippen molar-refractivity contribution in [2.45, 2.75) is 12.8 Å². The van der Waals surface area contributed by atoms with E-state index in [0.29, 0.717) is 6.54 Å². The number of nitrogens with one attached hydrogen (secondary N) is 2. The van der Waals surface area contributed by atoms with Crippen molar-refractivity contribution >= 4 is 18.3 Å². The number of amides is 1. The van der Waals surface area contributed by atoms with Gasteiger partial charge in [-0.1, -0.05) is 0 Å². The Morgan fingerprint density at radius 2 is 2.38 bits per heavy atom. The number of carbonyl (C=O) groups is 1. The maximum atomic E-state index is 11.3. The molecule has 0 saturated carbocycles. The van der Waals surface area contributed by atoms with Crippen LogP contribution in [0.2, 0.25) is 0 Å². The average Bonchev–Trinajstić information content (AvgIpc) is 2.15. The second-order valence-electron chi connectivity index (χ2n) is 3.06. The van der Waals surface area contributed by atoms with Crippen LogP contribution >= 0.6 is 12.4 Å². The molecule has 0 radical (unpaired) electrons. The van der Waals surface area contributed by atoms with E-state index in [1.165, 1.54) is 0 Å². The fourth-order valence-corrected chi connectivity index (χ4v) is 1.40. The van der Waals surface area contributed by atoms with Gasteiger partial charge >= 0.3 is 0 Å². The van der Waals surface area contributed by atoms with Gasteiger partial charge in [-0.3, -0.25) is 4.79 Å². The molecule has 3 N–H and O–H groups in total. The van der Waals surface area contributed by atoms with E-state index in [1.807, 2.05) is 0 Å². The molecule has 0 aromatic rings. The maximum Gasteiger partial charge on any atom is 0.224 e. The highest BCUT2D eigenvalue weighted by Gasteiger charge is 2.19. The van der Waals surface area contributed by atoms with Crippen LogP contribution in [0.15, 0.2) is 0 Å². The van der Waals surface area contributed by atoms with Gasteiger partial charge in [0.2, 0.25) is 5.91 Å². The van der Waals surface area contributed by atoms with Gasteiger partial charge in [-0.05, 0) is 19.4 Å². The Balaban J connectivity index is 0.00000144. The van der Waals surface area contributed by atoms with E-state index in [1.54, 1.807) is 0 Å². The van der Waals surface area contributed by atoms with E-state index in [2.05, 4.69) is 10.6 Å². The van der Waals surface area contributed by atoms with Gasteiger partial charge in [-0.25, -0.2) is 0 Å². The van der Waals surface area contributed by atoms with Crippen molar-refractivity contribution in [3.05, 3.63) is 0 Å². The quantitative estimate of drug-likeness (QED) is 0.587. The maximum absolute atomic E-state index is 11.3. The molecule has 1 amide bonds. The topological polar surface area (TPSA) is 61.4 Å². The number of hydrogen-bond donors (Lipinski definition) is 3. The van der Waals surface area contributed by atoms with Crippen molar-refractivity contribution in [2.75, 3.05) is 26.2 Å². The lowest BCUT2D eigenvalue weighted by atomic mass is 9.99. The second kappa shape index (κ2) is 7.12. The highest BCUT2D eigenvalue weighted by atomic mass is 35.5. The van der Waals surface area contributed by atoms with Crippen molar-refractivity contribution < 1.29 is 9.90 Å². The summed E-state index contributed by atoms with van der Waals surface area (Å²) in [6, 6.07) is 0. The molecule has 1 aliphatic rings. The summed E-state index contributed by atoms with van der Waals surface area (Å²) in [6.07, 6.45) is 2.03. The number of hydrogen-bond acceptors (Lipinski definition) is 3. The van der Waals surface area contributed by atoms with Gasteiger partial charge in [0.05, 0.1) is 12.5 Å². The monoisotopic (exact) mass is 208 g/mol. The van der Waals surface area contributed by atoms with Crippen LogP contribution in [0.25, 0.3) is 0 Å². The SMILES string of the molecule is Cl.O=C(NCCO)C1CCCNC1. The zero-order valence-electron chi connectivity index (χ0n) is 7.58. The molecule has 0 aromatic heterocycles. The van der Waals surface area contributed by atoms with Crippen LogP contribution in [0.4, 0.5) is 0 Å². The standard InChI is InChI=1S/C8H16N2O2.ClH/c11-5-4-10-8(12)7-2-1-3-9-6-7;/h7,9,11H,1-6H2,(H,10,12);1H. The first-order valence-corrected chi connectivity index (χ1v) is 4.44. The number of rotatable bonds is 3. The summed E-state index contributed by atoms with van der Waals surface area (Å²) in [5.74, 6) is 0.168. The third-order valence-electron chi connectivity index (χ3n) is 2.08. The Morgan fingerprint density at radius 1 is 1.62 bits per heavy atom. The number of carbonyl (C=O) groups excluding carboxylic acids is 1. The minimum atomic E-state index is 0. The lowest BCUT2D eigenvalue weighted by Crippen LogP contribution is -2.41.